The standard InChI is InChI=1S/C22H19Cl2N7O3S/c1-22(9-35-10-22)28-21(33)16-17-11(8-26-29-17)6-13(24)18(16)27-20(32)14-7-15(34-2)30-31(14)19-12(23)4-3-5-25-19/h3-8H,9-10H2,1-2H3,(H,26,29)(H,27,32)(H,28,33). The molecule has 1 fully saturated rings. The first-order valence-electron chi connectivity index (χ1n) is 10.4. The van der Waals surface area contributed by atoms with Crippen molar-refractivity contribution in [2.45, 2.75) is 12.5 Å². The highest BCUT2D eigenvalue weighted by Gasteiger charge is 2.36. The number of thioether (sulfide) groups is 1. The van der Waals surface area contributed by atoms with Crippen molar-refractivity contribution in [3.8, 4) is 11.7 Å². The summed E-state index contributed by atoms with van der Waals surface area (Å²) in [6, 6.07) is 6.36. The Morgan fingerprint density at radius 3 is 2.71 bits per heavy atom. The molecular weight excluding hydrogens is 513 g/mol. The number of H-pyrrole nitrogens is 1. The summed E-state index contributed by atoms with van der Waals surface area (Å²) in [5.41, 5.74) is 0.513. The summed E-state index contributed by atoms with van der Waals surface area (Å²) in [6.45, 7) is 1.97. The number of rotatable bonds is 6. The van der Waals surface area contributed by atoms with E-state index < -0.39 is 5.91 Å². The van der Waals surface area contributed by atoms with Gasteiger partial charge in [-0.05, 0) is 25.1 Å². The second-order valence-electron chi connectivity index (χ2n) is 8.20. The van der Waals surface area contributed by atoms with Crippen LogP contribution in [0.15, 0.2) is 36.7 Å². The van der Waals surface area contributed by atoms with Crippen LogP contribution in [0.3, 0.4) is 0 Å². The van der Waals surface area contributed by atoms with E-state index in [1.807, 2.05) is 6.92 Å². The van der Waals surface area contributed by atoms with Crippen molar-refractivity contribution >= 4 is 63.4 Å². The summed E-state index contributed by atoms with van der Waals surface area (Å²) >= 11 is 14.6. The van der Waals surface area contributed by atoms with Gasteiger partial charge < -0.3 is 15.4 Å². The quantitative estimate of drug-likeness (QED) is 0.343. The topological polar surface area (TPSA) is 127 Å². The zero-order chi connectivity index (χ0) is 24.7. The Bertz CT molecular complexity index is 1460. The second kappa shape index (κ2) is 9.06. The third-order valence-electron chi connectivity index (χ3n) is 5.48. The van der Waals surface area contributed by atoms with E-state index in [0.29, 0.717) is 10.9 Å². The van der Waals surface area contributed by atoms with Gasteiger partial charge in [0.25, 0.3) is 11.8 Å². The zero-order valence-corrected chi connectivity index (χ0v) is 20.9. The molecule has 1 aliphatic heterocycles. The number of halogens is 2. The third kappa shape index (κ3) is 4.30. The lowest BCUT2D eigenvalue weighted by molar-refractivity contribution is 0.0921. The molecule has 0 unspecified atom stereocenters. The van der Waals surface area contributed by atoms with Gasteiger partial charge in [-0.15, -0.1) is 5.10 Å². The first kappa shape index (κ1) is 23.5. The number of aromatic amines is 1. The van der Waals surface area contributed by atoms with Gasteiger partial charge in [-0.2, -0.15) is 16.9 Å². The van der Waals surface area contributed by atoms with Crippen molar-refractivity contribution in [3.63, 3.8) is 0 Å². The zero-order valence-electron chi connectivity index (χ0n) is 18.6. The number of nitrogens with one attached hydrogen (secondary N) is 3. The number of fused-ring (bicyclic) bond motifs is 1. The van der Waals surface area contributed by atoms with Gasteiger partial charge in [0, 0.05) is 29.2 Å². The fourth-order valence-electron chi connectivity index (χ4n) is 3.72. The number of ether oxygens (including phenoxy) is 1. The lowest BCUT2D eigenvalue weighted by Crippen LogP contribution is -2.55. The van der Waals surface area contributed by atoms with Gasteiger partial charge in [-0.3, -0.25) is 14.7 Å². The summed E-state index contributed by atoms with van der Waals surface area (Å²) in [5, 5.41) is 18.1. The molecule has 1 aliphatic rings. The maximum atomic E-state index is 13.5. The van der Waals surface area contributed by atoms with Crippen LogP contribution in [0, 0.1) is 0 Å². The van der Waals surface area contributed by atoms with E-state index in [9.17, 15) is 9.59 Å². The second-order valence-corrected chi connectivity index (χ2v) is 10.00. The van der Waals surface area contributed by atoms with Gasteiger partial charge in [-0.25, -0.2) is 9.67 Å². The number of aromatic nitrogens is 5. The molecule has 35 heavy (non-hydrogen) atoms. The molecule has 0 bridgehead atoms. The van der Waals surface area contributed by atoms with Crippen molar-refractivity contribution in [3.05, 3.63) is 58.0 Å². The number of amides is 2. The van der Waals surface area contributed by atoms with E-state index in [0.717, 1.165) is 11.5 Å². The van der Waals surface area contributed by atoms with Crippen LogP contribution in [-0.4, -0.2) is 60.9 Å². The van der Waals surface area contributed by atoms with E-state index in [1.165, 1.54) is 24.1 Å². The summed E-state index contributed by atoms with van der Waals surface area (Å²) in [6.07, 6.45) is 3.09. The molecule has 4 aromatic rings. The van der Waals surface area contributed by atoms with Gasteiger partial charge in [0.2, 0.25) is 5.88 Å². The van der Waals surface area contributed by atoms with Gasteiger partial charge in [0.15, 0.2) is 5.82 Å². The Balaban J connectivity index is 1.57. The minimum absolute atomic E-state index is 0.0805. The van der Waals surface area contributed by atoms with Gasteiger partial charge in [0.05, 0.1) is 45.7 Å². The van der Waals surface area contributed by atoms with Crippen LogP contribution in [0.4, 0.5) is 5.69 Å². The number of hydrogen-bond acceptors (Lipinski definition) is 7. The fourth-order valence-corrected chi connectivity index (χ4v) is 5.14. The number of hydrogen-bond donors (Lipinski definition) is 3. The third-order valence-corrected chi connectivity index (χ3v) is 7.76. The van der Waals surface area contributed by atoms with Crippen LogP contribution in [0.5, 0.6) is 5.88 Å². The molecule has 1 aromatic carbocycles. The molecule has 10 nitrogen and oxygen atoms in total. The lowest BCUT2D eigenvalue weighted by Gasteiger charge is -2.38. The lowest BCUT2D eigenvalue weighted by atomic mass is 10.0. The minimum atomic E-state index is -0.595. The largest absolute Gasteiger partial charge is 0.480 e. The summed E-state index contributed by atoms with van der Waals surface area (Å²) in [7, 11) is 1.43. The molecule has 2 amide bonds. The number of carbonyl (C=O) groups is 2. The fraction of sp³-hybridized carbons (Fsp3) is 0.227. The van der Waals surface area contributed by atoms with Crippen molar-refractivity contribution in [2.24, 2.45) is 0 Å². The maximum absolute atomic E-state index is 13.5. The molecule has 3 aromatic heterocycles. The van der Waals surface area contributed by atoms with Crippen LogP contribution >= 0.6 is 35.0 Å². The molecule has 13 heteroatoms. The maximum Gasteiger partial charge on any atom is 0.274 e. The number of benzene rings is 1. The van der Waals surface area contributed by atoms with E-state index in [1.54, 1.807) is 36.2 Å². The molecule has 4 heterocycles. The number of pyridine rings is 1. The van der Waals surface area contributed by atoms with Crippen LogP contribution in [0.25, 0.3) is 16.7 Å². The molecule has 0 aliphatic carbocycles. The number of carbonyl (C=O) groups excluding carboxylic acids is 2. The van der Waals surface area contributed by atoms with E-state index in [-0.39, 0.29) is 50.1 Å². The number of anilines is 1. The monoisotopic (exact) mass is 531 g/mol. The SMILES string of the molecule is COc1cc(C(=O)Nc2c(Cl)cc3cn[nH]c3c2C(=O)NC2(C)CSC2)n(-c2ncccc2Cl)n1. The first-order chi connectivity index (χ1) is 16.8. The number of nitrogens with zero attached hydrogens (tertiary/aromatic N) is 4. The van der Waals surface area contributed by atoms with E-state index in [4.69, 9.17) is 27.9 Å². The Labute approximate surface area is 213 Å². The Morgan fingerprint density at radius 2 is 2.03 bits per heavy atom. The molecular formula is C22H19Cl2N7O3S. The van der Waals surface area contributed by atoms with Gasteiger partial charge in [-0.1, -0.05) is 23.2 Å². The molecule has 180 valence electrons. The highest BCUT2D eigenvalue weighted by Crippen LogP contribution is 2.35. The van der Waals surface area contributed by atoms with Crippen LogP contribution < -0.4 is 15.4 Å². The molecule has 1 saturated heterocycles. The van der Waals surface area contributed by atoms with Crippen LogP contribution in [-0.2, 0) is 0 Å². The first-order valence-corrected chi connectivity index (χ1v) is 12.3. The minimum Gasteiger partial charge on any atom is -0.480 e. The van der Waals surface area contributed by atoms with Crippen molar-refractivity contribution in [1.29, 1.82) is 0 Å². The summed E-state index contributed by atoms with van der Waals surface area (Å²) < 4.78 is 6.48. The Hall–Kier alpha value is -3.28. The summed E-state index contributed by atoms with van der Waals surface area (Å²) in [4.78, 5) is 31.1. The highest BCUT2D eigenvalue weighted by atomic mass is 35.5. The van der Waals surface area contributed by atoms with Gasteiger partial charge >= 0.3 is 0 Å². The molecule has 0 spiro atoms. The smallest absolute Gasteiger partial charge is 0.274 e. The van der Waals surface area contributed by atoms with E-state index >= 15 is 0 Å². The van der Waals surface area contributed by atoms with Crippen molar-refractivity contribution in [2.75, 3.05) is 23.9 Å². The average Bonchev–Trinajstić information content (AvgIpc) is 3.45. The summed E-state index contributed by atoms with van der Waals surface area (Å²) in [5.74, 6) is 1.03. The van der Waals surface area contributed by atoms with E-state index in [2.05, 4.69) is 30.9 Å². The van der Waals surface area contributed by atoms with Crippen LogP contribution in [0.1, 0.15) is 27.8 Å². The van der Waals surface area contributed by atoms with Gasteiger partial charge in [0.1, 0.15) is 5.69 Å². The van der Waals surface area contributed by atoms with Crippen molar-refractivity contribution in [1.82, 2.24) is 30.3 Å². The predicted octanol–water partition coefficient (Wildman–Crippen LogP) is 3.95. The highest BCUT2D eigenvalue weighted by molar-refractivity contribution is 8.00. The number of methoxy groups -OCH3 is 1. The molecule has 0 radical (unpaired) electrons. The Kier molecular flexibility index (Phi) is 6.07. The average molecular weight is 532 g/mol. The predicted molar refractivity (Wildman–Crippen MR) is 135 cm³/mol. The molecule has 0 saturated carbocycles. The normalized spacial score (nSPS) is 14.4. The van der Waals surface area contributed by atoms with Crippen molar-refractivity contribution < 1.29 is 14.3 Å². The van der Waals surface area contributed by atoms with Crippen LogP contribution in [0.2, 0.25) is 10.0 Å². The molecule has 5 rings (SSSR count). The molecule has 0 atom stereocenters. The molecule has 3 N–H and O–H groups in total. The Morgan fingerprint density at radius 1 is 1.23 bits per heavy atom.